The lowest BCUT2D eigenvalue weighted by Crippen LogP contribution is -1.98. The van der Waals surface area contributed by atoms with Crippen LogP contribution in [-0.2, 0) is 0 Å². The molecule has 0 aliphatic carbocycles. The second-order valence-electron chi connectivity index (χ2n) is 4.86. The van der Waals surface area contributed by atoms with Crippen LogP contribution in [0.3, 0.4) is 0 Å². The molecular weight excluding hydrogens is 398 g/mol. The van der Waals surface area contributed by atoms with E-state index in [0.717, 1.165) is 0 Å². The Balaban J connectivity index is 0.000000202. The highest BCUT2D eigenvalue weighted by atomic mass is 16.4. The Bertz CT molecular complexity index is 1040. The first-order chi connectivity index (χ1) is 14.2. The van der Waals surface area contributed by atoms with Crippen LogP contribution in [0, 0.1) is 11.3 Å². The van der Waals surface area contributed by atoms with Crippen LogP contribution >= 0.6 is 0 Å². The summed E-state index contributed by atoms with van der Waals surface area (Å²) >= 11 is 0. The van der Waals surface area contributed by atoms with Gasteiger partial charge in [0.1, 0.15) is 23.0 Å². The van der Waals surface area contributed by atoms with Gasteiger partial charge in [-0.15, -0.1) is 5.10 Å². The number of H-pyrrole nitrogens is 4. The summed E-state index contributed by atoms with van der Waals surface area (Å²) in [4.78, 5) is 13.6. The molecule has 4 aromatic rings. The van der Waals surface area contributed by atoms with E-state index < -0.39 is 5.97 Å². The molecule has 17 heteroatoms. The number of hydrogen-bond acceptors (Lipinski definition) is 12. The Morgan fingerprint density at radius 1 is 0.967 bits per heavy atom. The van der Waals surface area contributed by atoms with Crippen LogP contribution in [0.5, 0.6) is 0 Å². The summed E-state index contributed by atoms with van der Waals surface area (Å²) in [6.07, 6.45) is 4.36. The molecule has 0 saturated heterocycles. The monoisotopic (exact) mass is 417 g/mol. The number of nitrogen functional groups attached to an aromatic ring is 5. The fourth-order valence-electron chi connectivity index (χ4n) is 1.42. The maximum Gasteiger partial charge on any atom is 0.341 e. The van der Waals surface area contributed by atoms with Gasteiger partial charge >= 0.3 is 5.97 Å². The third-order valence-electron chi connectivity index (χ3n) is 2.73. The topological polar surface area (TPSA) is 319 Å². The molecule has 0 aliphatic rings. The Labute approximate surface area is 167 Å². The molecule has 0 saturated carbocycles. The normalized spacial score (nSPS) is 8.90. The summed E-state index contributed by atoms with van der Waals surface area (Å²) < 4.78 is 0. The van der Waals surface area contributed by atoms with Gasteiger partial charge in [-0.25, -0.2) is 9.89 Å². The maximum atomic E-state index is 10.1. The van der Waals surface area contributed by atoms with E-state index in [1.807, 2.05) is 6.07 Å². The lowest BCUT2D eigenvalue weighted by atomic mass is 10.3. The molecule has 30 heavy (non-hydrogen) atoms. The standard InChI is InChI=1S/C4H4N4.C4H5N3O2.C3H5N3.C2H5N5/c5-1-3-2-7-8-4(3)6;5-3-2(4(8)9)1-6-7-3;4-3-1-2-5-6-3;3-1-5-2(4)7-6-1/h2H,(H3,6,7,8);1H,(H,8,9)(H3,5,6,7);1-2H,(H3,4,5,6);(H5,3,4,5,6,7). The molecule has 4 aromatic heterocycles. The molecule has 0 radical (unpaired) electrons. The van der Waals surface area contributed by atoms with Gasteiger partial charge in [-0.05, 0) is 6.07 Å². The molecule has 15 N–H and O–H groups in total. The van der Waals surface area contributed by atoms with Crippen molar-refractivity contribution in [2.45, 2.75) is 0 Å². The second kappa shape index (κ2) is 11.4. The molecule has 0 aliphatic heterocycles. The van der Waals surface area contributed by atoms with E-state index in [4.69, 9.17) is 39.0 Å². The minimum absolute atomic E-state index is 0.00926. The van der Waals surface area contributed by atoms with E-state index in [2.05, 4.69) is 45.8 Å². The Kier molecular flexibility index (Phi) is 8.69. The summed E-state index contributed by atoms with van der Waals surface area (Å²) in [5.41, 5.74) is 26.0. The average molecular weight is 417 g/mol. The minimum atomic E-state index is -1.07. The summed E-state index contributed by atoms with van der Waals surface area (Å²) in [7, 11) is 0. The second-order valence-corrected chi connectivity index (χ2v) is 4.86. The third kappa shape index (κ3) is 7.96. The number of nitriles is 1. The number of anilines is 5. The van der Waals surface area contributed by atoms with Crippen molar-refractivity contribution in [2.24, 2.45) is 0 Å². The van der Waals surface area contributed by atoms with Gasteiger partial charge in [0.25, 0.3) is 0 Å². The molecule has 4 rings (SSSR count). The van der Waals surface area contributed by atoms with Gasteiger partial charge in [0, 0.05) is 18.6 Å². The molecule has 0 spiro atoms. The van der Waals surface area contributed by atoms with Gasteiger partial charge in [0.05, 0.1) is 0 Å². The van der Waals surface area contributed by atoms with Gasteiger partial charge in [-0.3, -0.25) is 15.3 Å². The summed E-state index contributed by atoms with van der Waals surface area (Å²) in [5.74, 6) is 0.168. The third-order valence-corrected chi connectivity index (χ3v) is 2.73. The highest BCUT2D eigenvalue weighted by Gasteiger charge is 2.07. The average Bonchev–Trinajstić information content (AvgIpc) is 3.48. The molecule has 4 heterocycles. The Morgan fingerprint density at radius 2 is 1.63 bits per heavy atom. The van der Waals surface area contributed by atoms with Gasteiger partial charge in [0.15, 0.2) is 11.6 Å². The largest absolute Gasteiger partial charge is 0.477 e. The number of carboxylic acid groups (broad SMARTS) is 1. The zero-order valence-electron chi connectivity index (χ0n) is 15.2. The van der Waals surface area contributed by atoms with Crippen molar-refractivity contribution >= 4 is 35.3 Å². The van der Waals surface area contributed by atoms with Crippen LogP contribution in [0.2, 0.25) is 0 Å². The zero-order chi connectivity index (χ0) is 22.5. The van der Waals surface area contributed by atoms with Crippen molar-refractivity contribution < 1.29 is 9.90 Å². The van der Waals surface area contributed by atoms with Gasteiger partial charge in [-0.1, -0.05) is 0 Å². The van der Waals surface area contributed by atoms with E-state index in [9.17, 15) is 4.79 Å². The number of carboxylic acids is 1. The van der Waals surface area contributed by atoms with Crippen molar-refractivity contribution in [3.8, 4) is 6.07 Å². The minimum Gasteiger partial charge on any atom is -0.477 e. The molecule has 0 bridgehead atoms. The van der Waals surface area contributed by atoms with Gasteiger partial charge in [0.2, 0.25) is 11.9 Å². The molecule has 0 aromatic carbocycles. The van der Waals surface area contributed by atoms with Crippen LogP contribution in [0.15, 0.2) is 24.7 Å². The number of nitrogens with zero attached hydrogens (tertiary/aromatic N) is 6. The Morgan fingerprint density at radius 3 is 1.83 bits per heavy atom. The van der Waals surface area contributed by atoms with Crippen LogP contribution in [0.1, 0.15) is 15.9 Å². The highest BCUT2D eigenvalue weighted by molar-refractivity contribution is 5.92. The number of rotatable bonds is 1. The first-order valence-electron chi connectivity index (χ1n) is 7.65. The zero-order valence-corrected chi connectivity index (χ0v) is 15.2. The van der Waals surface area contributed by atoms with Crippen LogP contribution in [0.4, 0.5) is 29.4 Å². The molecule has 17 nitrogen and oxygen atoms in total. The van der Waals surface area contributed by atoms with E-state index >= 15 is 0 Å². The number of nitrogens with two attached hydrogens (primary N) is 5. The van der Waals surface area contributed by atoms with E-state index in [1.54, 1.807) is 12.3 Å². The first kappa shape index (κ1) is 22.8. The maximum absolute atomic E-state index is 10.1. The Hall–Kier alpha value is -5.27. The van der Waals surface area contributed by atoms with Crippen molar-refractivity contribution in [3.05, 3.63) is 35.8 Å². The molecular formula is C13H19N15O2. The summed E-state index contributed by atoms with van der Waals surface area (Å²) in [5, 5.41) is 40.2. The lowest BCUT2D eigenvalue weighted by molar-refractivity contribution is 0.0698. The number of hydrogen-bond donors (Lipinski definition) is 10. The molecule has 0 amide bonds. The van der Waals surface area contributed by atoms with Crippen LogP contribution < -0.4 is 28.7 Å². The number of carbonyl (C=O) groups is 1. The van der Waals surface area contributed by atoms with E-state index in [-0.39, 0.29) is 29.1 Å². The summed E-state index contributed by atoms with van der Waals surface area (Å²) in [6.45, 7) is 0. The predicted molar refractivity (Wildman–Crippen MR) is 106 cm³/mol. The van der Waals surface area contributed by atoms with Gasteiger partial charge < -0.3 is 33.8 Å². The SMILES string of the molecule is N#Cc1c[nH]nc1N.Nc1cc[nH]n1.Nc1n[nH]c(N)n1.Nc1n[nH]cc1C(=O)O. The quantitative estimate of drug-likeness (QED) is 0.169. The number of nitrogens with one attached hydrogen (secondary N) is 4. The van der Waals surface area contributed by atoms with Crippen molar-refractivity contribution in [2.75, 3.05) is 28.7 Å². The fourth-order valence-corrected chi connectivity index (χ4v) is 1.42. The van der Waals surface area contributed by atoms with Crippen molar-refractivity contribution in [3.63, 3.8) is 0 Å². The van der Waals surface area contributed by atoms with Crippen molar-refractivity contribution in [1.29, 1.82) is 5.26 Å². The van der Waals surface area contributed by atoms with Crippen LogP contribution in [0.25, 0.3) is 0 Å². The van der Waals surface area contributed by atoms with Crippen LogP contribution in [-0.4, -0.2) is 56.8 Å². The lowest BCUT2D eigenvalue weighted by Gasteiger charge is -1.84. The molecule has 0 fully saturated rings. The highest BCUT2D eigenvalue weighted by Crippen LogP contribution is 2.04. The van der Waals surface area contributed by atoms with E-state index in [1.165, 1.54) is 12.4 Å². The molecule has 0 atom stereocenters. The number of aromatic carboxylic acids is 1. The number of aromatic amines is 4. The predicted octanol–water partition coefficient (Wildman–Crippen LogP) is -1.49. The summed E-state index contributed by atoms with van der Waals surface area (Å²) in [6, 6.07) is 3.55. The van der Waals surface area contributed by atoms with Crippen molar-refractivity contribution in [1.82, 2.24) is 45.8 Å². The molecule has 0 unspecified atom stereocenters. The number of aromatic nitrogens is 9. The molecule has 158 valence electrons. The van der Waals surface area contributed by atoms with E-state index in [0.29, 0.717) is 11.4 Å². The smallest absolute Gasteiger partial charge is 0.341 e. The van der Waals surface area contributed by atoms with Gasteiger partial charge in [-0.2, -0.15) is 25.5 Å². The fraction of sp³-hybridized carbons (Fsp3) is 0. The first-order valence-corrected chi connectivity index (χ1v) is 7.65.